The second kappa shape index (κ2) is 8.68. The van der Waals surface area contributed by atoms with E-state index in [0.29, 0.717) is 6.54 Å². The largest absolute Gasteiger partial charge is 0.444 e. The first-order valence-electron chi connectivity index (χ1n) is 8.18. The highest BCUT2D eigenvalue weighted by Crippen LogP contribution is 2.20. The molecule has 7 heteroatoms. The molecule has 134 valence electrons. The van der Waals surface area contributed by atoms with Gasteiger partial charge in [0, 0.05) is 19.6 Å². The number of alkyl carbamates (subject to hydrolysis) is 1. The van der Waals surface area contributed by atoms with Crippen LogP contribution in [0.4, 0.5) is 4.79 Å². The molecule has 0 radical (unpaired) electrons. The summed E-state index contributed by atoms with van der Waals surface area (Å²) in [5.41, 5.74) is 0.777. The standard InChI is InChI=1S/C16H30N2O4S/c1-16(2,3)22-15(19)17-11-13-18(23(4,20)21)12-10-14-8-6-5-7-9-14/h8H,5-7,9-13H2,1-4H3,(H,17,19). The van der Waals surface area contributed by atoms with E-state index in [2.05, 4.69) is 11.4 Å². The summed E-state index contributed by atoms with van der Waals surface area (Å²) >= 11 is 0. The van der Waals surface area contributed by atoms with Crippen LogP contribution < -0.4 is 5.32 Å². The SMILES string of the molecule is CC(C)(C)OC(=O)NCCN(CCC1=CCCCC1)S(C)(=O)=O. The van der Waals surface area contributed by atoms with Gasteiger partial charge in [-0.3, -0.25) is 0 Å². The smallest absolute Gasteiger partial charge is 0.407 e. The number of ether oxygens (including phenoxy) is 1. The van der Waals surface area contributed by atoms with E-state index in [-0.39, 0.29) is 13.1 Å². The molecule has 1 N–H and O–H groups in total. The summed E-state index contributed by atoms with van der Waals surface area (Å²) in [7, 11) is -3.28. The molecular weight excluding hydrogens is 316 g/mol. The first-order chi connectivity index (χ1) is 10.6. The number of carbonyl (C=O) groups is 1. The fraction of sp³-hybridized carbons (Fsp3) is 0.812. The minimum absolute atomic E-state index is 0.237. The van der Waals surface area contributed by atoms with Crippen LogP contribution in [0, 0.1) is 0 Å². The summed E-state index contributed by atoms with van der Waals surface area (Å²) in [6.07, 6.45) is 8.23. The average Bonchev–Trinajstić information content (AvgIpc) is 2.40. The maximum Gasteiger partial charge on any atom is 0.407 e. The molecule has 0 aromatic heterocycles. The van der Waals surface area contributed by atoms with Crippen molar-refractivity contribution in [3.8, 4) is 0 Å². The molecule has 0 unspecified atom stereocenters. The Morgan fingerprint density at radius 2 is 2.00 bits per heavy atom. The Labute approximate surface area is 140 Å². The zero-order valence-electron chi connectivity index (χ0n) is 14.7. The number of hydrogen-bond acceptors (Lipinski definition) is 4. The van der Waals surface area contributed by atoms with Crippen LogP contribution in [0.25, 0.3) is 0 Å². The van der Waals surface area contributed by atoms with E-state index < -0.39 is 21.7 Å². The van der Waals surface area contributed by atoms with E-state index in [1.807, 2.05) is 0 Å². The number of allylic oxidation sites excluding steroid dienone is 1. The lowest BCUT2D eigenvalue weighted by Gasteiger charge is -2.23. The van der Waals surface area contributed by atoms with Crippen LogP contribution in [0.15, 0.2) is 11.6 Å². The van der Waals surface area contributed by atoms with Crippen molar-refractivity contribution in [1.29, 1.82) is 0 Å². The highest BCUT2D eigenvalue weighted by atomic mass is 32.2. The van der Waals surface area contributed by atoms with Gasteiger partial charge in [-0.05, 0) is 52.9 Å². The monoisotopic (exact) mass is 346 g/mol. The number of nitrogens with zero attached hydrogens (tertiary/aromatic N) is 1. The maximum absolute atomic E-state index is 11.9. The van der Waals surface area contributed by atoms with E-state index in [1.165, 1.54) is 29.0 Å². The molecule has 0 saturated carbocycles. The lowest BCUT2D eigenvalue weighted by atomic mass is 9.97. The van der Waals surface area contributed by atoms with Gasteiger partial charge in [0.25, 0.3) is 0 Å². The van der Waals surface area contributed by atoms with Gasteiger partial charge < -0.3 is 10.1 Å². The number of carbonyl (C=O) groups excluding carboxylic acids is 1. The molecule has 0 aliphatic heterocycles. The second-order valence-electron chi connectivity index (χ2n) is 6.95. The van der Waals surface area contributed by atoms with Gasteiger partial charge in [-0.15, -0.1) is 0 Å². The van der Waals surface area contributed by atoms with Gasteiger partial charge in [-0.1, -0.05) is 11.6 Å². The lowest BCUT2D eigenvalue weighted by molar-refractivity contribution is 0.0525. The van der Waals surface area contributed by atoms with Gasteiger partial charge in [0.1, 0.15) is 5.60 Å². The van der Waals surface area contributed by atoms with Crippen LogP contribution in [0.3, 0.4) is 0 Å². The van der Waals surface area contributed by atoms with E-state index in [4.69, 9.17) is 4.74 Å². The number of sulfonamides is 1. The molecule has 6 nitrogen and oxygen atoms in total. The van der Waals surface area contributed by atoms with Crippen molar-refractivity contribution in [2.24, 2.45) is 0 Å². The second-order valence-corrected chi connectivity index (χ2v) is 8.93. The number of amides is 1. The van der Waals surface area contributed by atoms with Crippen LogP contribution in [-0.4, -0.2) is 50.3 Å². The number of rotatable bonds is 7. The van der Waals surface area contributed by atoms with Gasteiger partial charge in [0.15, 0.2) is 0 Å². The molecule has 1 amide bonds. The zero-order chi connectivity index (χ0) is 17.5. The summed E-state index contributed by atoms with van der Waals surface area (Å²) in [6.45, 7) is 6.31. The highest BCUT2D eigenvalue weighted by Gasteiger charge is 2.19. The molecule has 0 atom stereocenters. The minimum atomic E-state index is -3.28. The normalized spacial score (nSPS) is 16.1. The van der Waals surface area contributed by atoms with Crippen molar-refractivity contribution in [2.75, 3.05) is 25.9 Å². The molecule has 0 heterocycles. The van der Waals surface area contributed by atoms with E-state index >= 15 is 0 Å². The minimum Gasteiger partial charge on any atom is -0.444 e. The molecule has 0 aromatic rings. The molecular formula is C16H30N2O4S. The third kappa shape index (κ3) is 8.95. The molecule has 0 bridgehead atoms. The van der Waals surface area contributed by atoms with Crippen LogP contribution in [0.5, 0.6) is 0 Å². The van der Waals surface area contributed by atoms with Crippen LogP contribution in [0.1, 0.15) is 52.9 Å². The van der Waals surface area contributed by atoms with Crippen molar-refractivity contribution in [2.45, 2.75) is 58.5 Å². The van der Waals surface area contributed by atoms with Gasteiger partial charge in [0.05, 0.1) is 6.26 Å². The number of hydrogen-bond donors (Lipinski definition) is 1. The Kier molecular flexibility index (Phi) is 7.54. The Bertz CT molecular complexity index is 521. The van der Waals surface area contributed by atoms with Gasteiger partial charge >= 0.3 is 6.09 Å². The van der Waals surface area contributed by atoms with E-state index in [1.54, 1.807) is 20.8 Å². The molecule has 23 heavy (non-hydrogen) atoms. The third-order valence-electron chi connectivity index (χ3n) is 3.57. The quantitative estimate of drug-likeness (QED) is 0.719. The van der Waals surface area contributed by atoms with Crippen molar-refractivity contribution >= 4 is 16.1 Å². The Morgan fingerprint density at radius 3 is 2.52 bits per heavy atom. The summed E-state index contributed by atoms with van der Waals surface area (Å²) in [6, 6.07) is 0. The molecule has 0 aromatic carbocycles. The van der Waals surface area contributed by atoms with Crippen LogP contribution >= 0.6 is 0 Å². The predicted molar refractivity (Wildman–Crippen MR) is 91.8 cm³/mol. The van der Waals surface area contributed by atoms with Gasteiger partial charge in [0.2, 0.25) is 10.0 Å². The third-order valence-corrected chi connectivity index (χ3v) is 4.87. The first-order valence-corrected chi connectivity index (χ1v) is 10.0. The van der Waals surface area contributed by atoms with E-state index in [0.717, 1.165) is 19.3 Å². The zero-order valence-corrected chi connectivity index (χ0v) is 15.5. The Morgan fingerprint density at radius 1 is 1.30 bits per heavy atom. The molecule has 1 aliphatic rings. The molecule has 0 fully saturated rings. The highest BCUT2D eigenvalue weighted by molar-refractivity contribution is 7.88. The topological polar surface area (TPSA) is 75.7 Å². The Balaban J connectivity index is 2.43. The van der Waals surface area contributed by atoms with Crippen molar-refractivity contribution in [3.05, 3.63) is 11.6 Å². The predicted octanol–water partition coefficient (Wildman–Crippen LogP) is 2.66. The van der Waals surface area contributed by atoms with Crippen molar-refractivity contribution in [3.63, 3.8) is 0 Å². The summed E-state index contributed by atoms with van der Waals surface area (Å²) in [5.74, 6) is 0. The maximum atomic E-state index is 11.9. The van der Waals surface area contributed by atoms with Crippen LogP contribution in [0.2, 0.25) is 0 Å². The fourth-order valence-electron chi connectivity index (χ4n) is 2.44. The van der Waals surface area contributed by atoms with Gasteiger partial charge in [-0.2, -0.15) is 0 Å². The molecule has 1 aliphatic carbocycles. The first kappa shape index (κ1) is 20.0. The van der Waals surface area contributed by atoms with Crippen LogP contribution in [-0.2, 0) is 14.8 Å². The van der Waals surface area contributed by atoms with Gasteiger partial charge in [-0.25, -0.2) is 17.5 Å². The molecule has 1 rings (SSSR count). The summed E-state index contributed by atoms with van der Waals surface area (Å²) < 4.78 is 30.3. The lowest BCUT2D eigenvalue weighted by Crippen LogP contribution is -2.40. The molecule has 0 saturated heterocycles. The van der Waals surface area contributed by atoms with E-state index in [9.17, 15) is 13.2 Å². The molecule has 0 spiro atoms. The number of nitrogens with one attached hydrogen (secondary N) is 1. The summed E-state index contributed by atoms with van der Waals surface area (Å²) in [5, 5.41) is 2.60. The fourth-order valence-corrected chi connectivity index (χ4v) is 3.29. The van der Waals surface area contributed by atoms with Crippen molar-refractivity contribution in [1.82, 2.24) is 9.62 Å². The van der Waals surface area contributed by atoms with Crippen molar-refractivity contribution < 1.29 is 17.9 Å². The summed E-state index contributed by atoms with van der Waals surface area (Å²) in [4.78, 5) is 11.6. The average molecular weight is 346 g/mol. The Hall–Kier alpha value is -1.08.